The Morgan fingerprint density at radius 3 is 2.95 bits per heavy atom. The topological polar surface area (TPSA) is 60.5 Å². The number of fused-ring (bicyclic) bond motifs is 1. The number of hydrogen-bond acceptors (Lipinski definition) is 4. The molecule has 1 N–H and O–H groups in total. The highest BCUT2D eigenvalue weighted by Gasteiger charge is 2.13. The highest BCUT2D eigenvalue weighted by atomic mass is 16.7. The summed E-state index contributed by atoms with van der Waals surface area (Å²) in [5, 5.41) is 2.76. The molecule has 0 saturated carbocycles. The van der Waals surface area contributed by atoms with Crippen LogP contribution in [0, 0.1) is 0 Å². The van der Waals surface area contributed by atoms with Gasteiger partial charge in [-0.1, -0.05) is 12.1 Å². The number of amides is 1. The Kier molecular flexibility index (Phi) is 3.50. The van der Waals surface area contributed by atoms with Gasteiger partial charge in [0.1, 0.15) is 5.82 Å². The first kappa shape index (κ1) is 12.5. The van der Waals surface area contributed by atoms with E-state index in [1.54, 1.807) is 12.3 Å². The minimum absolute atomic E-state index is 0.0543. The van der Waals surface area contributed by atoms with Gasteiger partial charge >= 0.3 is 0 Å². The second-order valence-electron chi connectivity index (χ2n) is 4.45. The average Bonchev–Trinajstić information content (AvgIpc) is 2.93. The van der Waals surface area contributed by atoms with Crippen molar-refractivity contribution < 1.29 is 14.3 Å². The number of anilines is 1. The molecule has 0 fully saturated rings. The van der Waals surface area contributed by atoms with Crippen LogP contribution in [0.5, 0.6) is 11.5 Å². The second kappa shape index (κ2) is 5.61. The number of carbonyl (C=O) groups excluding carboxylic acids is 1. The summed E-state index contributed by atoms with van der Waals surface area (Å²) in [5.41, 5.74) is 1.05. The third-order valence-corrected chi connectivity index (χ3v) is 3.01. The predicted molar refractivity (Wildman–Crippen MR) is 73.8 cm³/mol. The highest BCUT2D eigenvalue weighted by Crippen LogP contribution is 2.32. The standard InChI is InChI=1S/C15H14N2O3/c18-15(17-14-3-1-2-8-16-14)7-5-11-4-6-12-13(9-11)20-10-19-12/h1-4,6,8-9H,5,7,10H2,(H,16,17,18). The Balaban J connectivity index is 1.55. The maximum absolute atomic E-state index is 11.8. The second-order valence-corrected chi connectivity index (χ2v) is 4.45. The van der Waals surface area contributed by atoms with E-state index >= 15 is 0 Å². The van der Waals surface area contributed by atoms with Gasteiger partial charge < -0.3 is 14.8 Å². The molecule has 0 saturated heterocycles. The fourth-order valence-electron chi connectivity index (χ4n) is 2.00. The molecule has 2 aromatic rings. The molecular weight excluding hydrogens is 256 g/mol. The van der Waals surface area contributed by atoms with Gasteiger partial charge in [0.05, 0.1) is 0 Å². The summed E-state index contributed by atoms with van der Waals surface area (Å²) < 4.78 is 10.6. The maximum Gasteiger partial charge on any atom is 0.231 e. The van der Waals surface area contributed by atoms with Crippen molar-refractivity contribution in [1.82, 2.24) is 4.98 Å². The van der Waals surface area contributed by atoms with Crippen LogP contribution in [0.3, 0.4) is 0 Å². The molecule has 3 rings (SSSR count). The van der Waals surface area contributed by atoms with Gasteiger partial charge in [-0.15, -0.1) is 0 Å². The molecule has 5 heteroatoms. The van der Waals surface area contributed by atoms with Gasteiger partial charge in [0.2, 0.25) is 12.7 Å². The quantitative estimate of drug-likeness (QED) is 0.926. The Hall–Kier alpha value is -2.56. The molecule has 1 aromatic heterocycles. The van der Waals surface area contributed by atoms with Crippen LogP contribution in [0.1, 0.15) is 12.0 Å². The van der Waals surface area contributed by atoms with E-state index in [4.69, 9.17) is 9.47 Å². The summed E-state index contributed by atoms with van der Waals surface area (Å²) in [6.07, 6.45) is 2.69. The smallest absolute Gasteiger partial charge is 0.231 e. The van der Waals surface area contributed by atoms with Crippen molar-refractivity contribution in [2.75, 3.05) is 12.1 Å². The molecule has 1 aromatic carbocycles. The highest BCUT2D eigenvalue weighted by molar-refractivity contribution is 5.89. The van der Waals surface area contributed by atoms with E-state index in [1.807, 2.05) is 30.3 Å². The van der Waals surface area contributed by atoms with E-state index in [2.05, 4.69) is 10.3 Å². The molecule has 5 nitrogen and oxygen atoms in total. The molecule has 0 atom stereocenters. The molecule has 1 aliphatic heterocycles. The van der Waals surface area contributed by atoms with E-state index < -0.39 is 0 Å². The van der Waals surface area contributed by atoms with Gasteiger partial charge in [0.15, 0.2) is 11.5 Å². The average molecular weight is 270 g/mol. The van der Waals surface area contributed by atoms with Crippen molar-refractivity contribution in [1.29, 1.82) is 0 Å². The zero-order chi connectivity index (χ0) is 13.8. The summed E-state index contributed by atoms with van der Waals surface area (Å²) in [6.45, 7) is 0.263. The third kappa shape index (κ3) is 2.88. The minimum atomic E-state index is -0.0543. The number of nitrogens with zero attached hydrogens (tertiary/aromatic N) is 1. The fourth-order valence-corrected chi connectivity index (χ4v) is 2.00. The van der Waals surface area contributed by atoms with Crippen molar-refractivity contribution in [3.8, 4) is 11.5 Å². The maximum atomic E-state index is 11.8. The van der Waals surface area contributed by atoms with Crippen LogP contribution in [-0.2, 0) is 11.2 Å². The number of ether oxygens (including phenoxy) is 2. The Morgan fingerprint density at radius 1 is 1.20 bits per heavy atom. The number of rotatable bonds is 4. The van der Waals surface area contributed by atoms with Gasteiger partial charge in [0.25, 0.3) is 0 Å². The molecule has 20 heavy (non-hydrogen) atoms. The SMILES string of the molecule is O=C(CCc1ccc2c(c1)OCO2)Nc1ccccn1. The molecule has 0 aliphatic carbocycles. The molecule has 0 unspecified atom stereocenters. The Morgan fingerprint density at radius 2 is 2.10 bits per heavy atom. The number of hydrogen-bond donors (Lipinski definition) is 1. The van der Waals surface area contributed by atoms with Gasteiger partial charge in [-0.3, -0.25) is 4.79 Å². The summed E-state index contributed by atoms with van der Waals surface area (Å²) in [6, 6.07) is 11.1. The number of aromatic nitrogens is 1. The Bertz CT molecular complexity index is 614. The lowest BCUT2D eigenvalue weighted by Gasteiger charge is -2.05. The van der Waals surface area contributed by atoms with Crippen LogP contribution in [0.25, 0.3) is 0 Å². The molecule has 1 amide bonds. The molecular formula is C15H14N2O3. The monoisotopic (exact) mass is 270 g/mol. The van der Waals surface area contributed by atoms with Crippen molar-refractivity contribution in [3.05, 3.63) is 48.2 Å². The zero-order valence-electron chi connectivity index (χ0n) is 10.8. The number of benzene rings is 1. The van der Waals surface area contributed by atoms with E-state index in [9.17, 15) is 4.79 Å². The summed E-state index contributed by atoms with van der Waals surface area (Å²) in [5.74, 6) is 2.02. The molecule has 1 aliphatic rings. The fraction of sp³-hybridized carbons (Fsp3) is 0.200. The van der Waals surface area contributed by atoms with E-state index in [0.29, 0.717) is 18.7 Å². The number of aryl methyl sites for hydroxylation is 1. The molecule has 0 bridgehead atoms. The van der Waals surface area contributed by atoms with Gasteiger partial charge in [0, 0.05) is 12.6 Å². The third-order valence-electron chi connectivity index (χ3n) is 3.01. The largest absolute Gasteiger partial charge is 0.454 e. The van der Waals surface area contributed by atoms with Crippen LogP contribution in [0.2, 0.25) is 0 Å². The van der Waals surface area contributed by atoms with Crippen molar-refractivity contribution in [3.63, 3.8) is 0 Å². The van der Waals surface area contributed by atoms with Crippen molar-refractivity contribution >= 4 is 11.7 Å². The molecule has 0 spiro atoms. The first-order valence-electron chi connectivity index (χ1n) is 6.41. The van der Waals surface area contributed by atoms with Crippen LogP contribution in [-0.4, -0.2) is 17.7 Å². The summed E-state index contributed by atoms with van der Waals surface area (Å²) in [7, 11) is 0. The lowest BCUT2D eigenvalue weighted by Crippen LogP contribution is -2.13. The van der Waals surface area contributed by atoms with Crippen LogP contribution in [0.15, 0.2) is 42.6 Å². The lowest BCUT2D eigenvalue weighted by atomic mass is 10.1. The number of pyridine rings is 1. The van der Waals surface area contributed by atoms with E-state index in [1.165, 1.54) is 0 Å². The molecule has 2 heterocycles. The van der Waals surface area contributed by atoms with Crippen LogP contribution in [0.4, 0.5) is 5.82 Å². The van der Waals surface area contributed by atoms with Crippen molar-refractivity contribution in [2.45, 2.75) is 12.8 Å². The molecule has 102 valence electrons. The Labute approximate surface area is 116 Å². The summed E-state index contributed by atoms with van der Waals surface area (Å²) >= 11 is 0. The summed E-state index contributed by atoms with van der Waals surface area (Å²) in [4.78, 5) is 15.9. The first-order chi connectivity index (χ1) is 9.81. The minimum Gasteiger partial charge on any atom is -0.454 e. The van der Waals surface area contributed by atoms with Crippen molar-refractivity contribution in [2.24, 2.45) is 0 Å². The number of nitrogens with one attached hydrogen (secondary N) is 1. The van der Waals surface area contributed by atoms with Crippen LogP contribution >= 0.6 is 0 Å². The van der Waals surface area contributed by atoms with E-state index in [-0.39, 0.29) is 12.7 Å². The van der Waals surface area contributed by atoms with E-state index in [0.717, 1.165) is 17.1 Å². The van der Waals surface area contributed by atoms with Crippen LogP contribution < -0.4 is 14.8 Å². The lowest BCUT2D eigenvalue weighted by molar-refractivity contribution is -0.116. The van der Waals surface area contributed by atoms with Gasteiger partial charge in [-0.25, -0.2) is 4.98 Å². The normalized spacial score (nSPS) is 12.2. The van der Waals surface area contributed by atoms with Gasteiger partial charge in [-0.05, 0) is 36.2 Å². The predicted octanol–water partition coefficient (Wildman–Crippen LogP) is 2.38. The zero-order valence-corrected chi connectivity index (χ0v) is 10.8. The first-order valence-corrected chi connectivity index (χ1v) is 6.41. The number of carbonyl (C=O) groups is 1. The molecule has 0 radical (unpaired) electrons. The van der Waals surface area contributed by atoms with Gasteiger partial charge in [-0.2, -0.15) is 0 Å².